The average molecular weight is 905 g/mol. The van der Waals surface area contributed by atoms with Crippen molar-refractivity contribution in [3.63, 3.8) is 0 Å². The third-order valence-electron chi connectivity index (χ3n) is 9.80. The van der Waals surface area contributed by atoms with Gasteiger partial charge in [0.2, 0.25) is 0 Å². The summed E-state index contributed by atoms with van der Waals surface area (Å²) in [6.45, 7) is 6.78. The Bertz CT molecular complexity index is 1930. The standard InChI is InChI=1S/C43H52O21/c1-21-32(57-23(3)45)36(59-25(5)47)39(61-27(7)49)43(55-21)63-33-31(19-53-40(50)29-16-12-9-13-17-29)62-41(51)37(35(33)52-18-28-14-10-8-11-15-28)64-42-38(60-26(6)48)34(58-24(4)46)30(20-54-42)56-22(2)44/h8-17,21,30-39,41-43,51H,18-20H2,1-7H3/t21-,30-,31-,32+,33-,34+,35+,36+,37-,38-,39-,41+,42+,43+/m1/s1. The Balaban J connectivity index is 1.59. The van der Waals surface area contributed by atoms with Crippen molar-refractivity contribution in [1.29, 1.82) is 0 Å². The maximum Gasteiger partial charge on any atom is 0.338 e. The molecule has 2 aromatic rings. The van der Waals surface area contributed by atoms with Crippen molar-refractivity contribution in [3.8, 4) is 0 Å². The van der Waals surface area contributed by atoms with Crippen LogP contribution in [0.25, 0.3) is 0 Å². The number of benzene rings is 2. The lowest BCUT2D eigenvalue weighted by molar-refractivity contribution is -0.380. The fourth-order valence-electron chi connectivity index (χ4n) is 7.33. The van der Waals surface area contributed by atoms with Crippen LogP contribution < -0.4 is 0 Å². The molecule has 0 spiro atoms. The van der Waals surface area contributed by atoms with Crippen molar-refractivity contribution < 1.29 is 100 Å². The van der Waals surface area contributed by atoms with Crippen molar-refractivity contribution in [2.75, 3.05) is 13.2 Å². The third kappa shape index (κ3) is 13.5. The largest absolute Gasteiger partial charge is 0.459 e. The van der Waals surface area contributed by atoms with E-state index < -0.39 is 141 Å². The number of rotatable bonds is 16. The molecule has 3 saturated heterocycles. The predicted octanol–water partition coefficient (Wildman–Crippen LogP) is 1.61. The first-order chi connectivity index (χ1) is 30.4. The third-order valence-corrected chi connectivity index (χ3v) is 9.80. The maximum atomic E-state index is 13.3. The number of hydrogen-bond donors (Lipinski definition) is 1. The van der Waals surface area contributed by atoms with E-state index >= 15 is 0 Å². The Labute approximate surface area is 367 Å². The molecule has 3 aliphatic rings. The molecule has 0 aromatic heterocycles. The molecule has 5 rings (SSSR count). The van der Waals surface area contributed by atoms with Crippen LogP contribution in [0.2, 0.25) is 0 Å². The molecule has 3 heterocycles. The summed E-state index contributed by atoms with van der Waals surface area (Å²) < 4.78 is 76.3. The summed E-state index contributed by atoms with van der Waals surface area (Å²) in [5, 5.41) is 11.8. The average Bonchev–Trinajstić information content (AvgIpc) is 3.22. The summed E-state index contributed by atoms with van der Waals surface area (Å²) in [7, 11) is 0. The molecule has 0 amide bonds. The van der Waals surface area contributed by atoms with Crippen molar-refractivity contribution in [2.45, 2.75) is 141 Å². The fourth-order valence-corrected chi connectivity index (χ4v) is 7.33. The number of carbonyl (C=O) groups is 7. The molecule has 350 valence electrons. The molecule has 3 fully saturated rings. The molecule has 21 nitrogen and oxygen atoms in total. The van der Waals surface area contributed by atoms with Gasteiger partial charge in [0.15, 0.2) is 55.5 Å². The number of ether oxygens (including phenoxy) is 13. The van der Waals surface area contributed by atoms with Crippen LogP contribution >= 0.6 is 0 Å². The molecule has 0 radical (unpaired) electrons. The molecular weight excluding hydrogens is 852 g/mol. The van der Waals surface area contributed by atoms with Crippen molar-refractivity contribution in [3.05, 3.63) is 71.8 Å². The number of hydrogen-bond acceptors (Lipinski definition) is 21. The first-order valence-corrected chi connectivity index (χ1v) is 20.2. The molecule has 64 heavy (non-hydrogen) atoms. The second-order valence-electron chi connectivity index (χ2n) is 14.9. The summed E-state index contributed by atoms with van der Waals surface area (Å²) in [6, 6.07) is 16.7. The van der Waals surface area contributed by atoms with Gasteiger partial charge >= 0.3 is 41.8 Å². The minimum Gasteiger partial charge on any atom is -0.459 e. The lowest BCUT2D eigenvalue weighted by Crippen LogP contribution is -2.67. The van der Waals surface area contributed by atoms with Crippen LogP contribution in [0.1, 0.15) is 64.4 Å². The van der Waals surface area contributed by atoms with Gasteiger partial charge in [-0.25, -0.2) is 4.79 Å². The normalized spacial score (nSPS) is 31.3. The lowest BCUT2D eigenvalue weighted by Gasteiger charge is -2.49. The Kier molecular flexibility index (Phi) is 17.7. The van der Waals surface area contributed by atoms with Gasteiger partial charge in [0.1, 0.15) is 31.0 Å². The summed E-state index contributed by atoms with van der Waals surface area (Å²) in [5.41, 5.74) is 0.799. The topological polar surface area (TPSA) is 260 Å². The number of aliphatic hydroxyl groups is 1. The van der Waals surface area contributed by atoms with Gasteiger partial charge in [0.25, 0.3) is 0 Å². The van der Waals surface area contributed by atoms with E-state index in [1.54, 1.807) is 48.5 Å². The number of carbonyl (C=O) groups excluding carboxylic acids is 7. The molecule has 1 N–H and O–H groups in total. The zero-order chi connectivity index (χ0) is 46.7. The zero-order valence-corrected chi connectivity index (χ0v) is 36.1. The summed E-state index contributed by atoms with van der Waals surface area (Å²) in [4.78, 5) is 87.5. The second kappa shape index (κ2) is 22.9. The molecule has 21 heteroatoms. The van der Waals surface area contributed by atoms with E-state index in [1.807, 2.05) is 0 Å². The van der Waals surface area contributed by atoms with Crippen molar-refractivity contribution in [2.24, 2.45) is 0 Å². The Morgan fingerprint density at radius 2 is 1.06 bits per heavy atom. The summed E-state index contributed by atoms with van der Waals surface area (Å²) >= 11 is 0. The van der Waals surface area contributed by atoms with Crippen LogP contribution in [0, 0.1) is 0 Å². The van der Waals surface area contributed by atoms with E-state index in [0.29, 0.717) is 5.56 Å². The first-order valence-electron chi connectivity index (χ1n) is 20.2. The second-order valence-corrected chi connectivity index (χ2v) is 14.9. The minimum absolute atomic E-state index is 0.176. The first kappa shape index (κ1) is 49.5. The lowest BCUT2D eigenvalue weighted by atomic mass is 9.96. The van der Waals surface area contributed by atoms with Gasteiger partial charge in [-0.2, -0.15) is 0 Å². The predicted molar refractivity (Wildman–Crippen MR) is 210 cm³/mol. The van der Waals surface area contributed by atoms with Crippen LogP contribution in [-0.4, -0.2) is 146 Å². The smallest absolute Gasteiger partial charge is 0.338 e. The monoisotopic (exact) mass is 904 g/mol. The molecule has 3 aliphatic heterocycles. The van der Waals surface area contributed by atoms with Crippen LogP contribution in [0.3, 0.4) is 0 Å². The highest BCUT2D eigenvalue weighted by Crippen LogP contribution is 2.37. The Morgan fingerprint density at radius 1 is 0.562 bits per heavy atom. The van der Waals surface area contributed by atoms with E-state index in [0.717, 1.165) is 41.5 Å². The molecule has 0 bridgehead atoms. The maximum absolute atomic E-state index is 13.3. The fraction of sp³-hybridized carbons (Fsp3) is 0.558. The van der Waals surface area contributed by atoms with Crippen molar-refractivity contribution in [1.82, 2.24) is 0 Å². The highest BCUT2D eigenvalue weighted by atomic mass is 16.8. The van der Waals surface area contributed by atoms with E-state index in [2.05, 4.69) is 0 Å². The summed E-state index contributed by atoms with van der Waals surface area (Å²) in [6.07, 6.45) is -21.4. The van der Waals surface area contributed by atoms with Gasteiger partial charge in [-0.15, -0.1) is 0 Å². The highest BCUT2D eigenvalue weighted by molar-refractivity contribution is 5.89. The molecule has 14 atom stereocenters. The minimum atomic E-state index is -1.97. The molecule has 0 saturated carbocycles. The highest BCUT2D eigenvalue weighted by Gasteiger charge is 2.57. The van der Waals surface area contributed by atoms with Gasteiger partial charge < -0.3 is 66.7 Å². The molecule has 2 aromatic carbocycles. The Hall–Kier alpha value is -5.55. The van der Waals surface area contributed by atoms with E-state index in [4.69, 9.17) is 61.6 Å². The van der Waals surface area contributed by atoms with Crippen LogP contribution in [0.5, 0.6) is 0 Å². The van der Waals surface area contributed by atoms with Gasteiger partial charge in [-0.3, -0.25) is 28.8 Å². The quantitative estimate of drug-likeness (QED) is 0.185. The van der Waals surface area contributed by atoms with E-state index in [-0.39, 0.29) is 12.2 Å². The van der Waals surface area contributed by atoms with Crippen LogP contribution in [0.4, 0.5) is 0 Å². The van der Waals surface area contributed by atoms with Gasteiger partial charge in [-0.1, -0.05) is 48.5 Å². The molecule has 0 unspecified atom stereocenters. The SMILES string of the molecule is CC(=O)O[C@H]1[C@@H](OC(C)=O)[C@@H](C)O[C@@H](O[C@H]2[C@H](OCc3ccccc3)[C@@H](O[C@@H]3OC[C@@H](OC(C)=O)[C@H](OC(C)=O)[C@H]3OC(C)=O)[C@@H](O)O[C@@H]2COC(=O)c2ccccc2)[C@@H]1OC(C)=O. The number of aliphatic hydroxyl groups excluding tert-OH is 1. The van der Waals surface area contributed by atoms with Crippen molar-refractivity contribution >= 4 is 41.8 Å². The Morgan fingerprint density at radius 3 is 1.64 bits per heavy atom. The van der Waals surface area contributed by atoms with Gasteiger partial charge in [-0.05, 0) is 24.6 Å². The van der Waals surface area contributed by atoms with Crippen LogP contribution in [-0.2, 0) is 97.0 Å². The summed E-state index contributed by atoms with van der Waals surface area (Å²) in [5.74, 6) is -5.74. The van der Waals surface area contributed by atoms with E-state index in [1.165, 1.54) is 19.1 Å². The molecule has 0 aliphatic carbocycles. The van der Waals surface area contributed by atoms with Gasteiger partial charge in [0.05, 0.1) is 24.9 Å². The van der Waals surface area contributed by atoms with Crippen LogP contribution in [0.15, 0.2) is 60.7 Å². The number of esters is 7. The molecular formula is C43H52O21. The van der Waals surface area contributed by atoms with E-state index in [9.17, 15) is 38.7 Å². The zero-order valence-electron chi connectivity index (χ0n) is 36.1. The van der Waals surface area contributed by atoms with Gasteiger partial charge in [0, 0.05) is 41.5 Å².